The van der Waals surface area contributed by atoms with E-state index in [0.29, 0.717) is 5.56 Å². The second kappa shape index (κ2) is 7.36. The van der Waals surface area contributed by atoms with E-state index in [1.807, 2.05) is 6.92 Å². The number of amides is 1. The number of benzene rings is 2. The fourth-order valence-corrected chi connectivity index (χ4v) is 5.95. The third-order valence-electron chi connectivity index (χ3n) is 4.06. The number of rotatable bonds is 4. The molecule has 8 nitrogen and oxygen atoms in total. The zero-order chi connectivity index (χ0) is 21.4. The van der Waals surface area contributed by atoms with Crippen molar-refractivity contribution < 1.29 is 21.6 Å². The van der Waals surface area contributed by atoms with Crippen molar-refractivity contribution in [1.82, 2.24) is 0 Å². The topological polar surface area (TPSA) is 150 Å². The molecular formula is C18H21N3O5S2. The minimum absolute atomic E-state index is 0.00861. The number of guanidine groups is 1. The third-order valence-corrected chi connectivity index (χ3v) is 7.28. The van der Waals surface area contributed by atoms with E-state index in [1.165, 1.54) is 13.0 Å². The number of nitrogens with two attached hydrogens (primary N) is 2. The summed E-state index contributed by atoms with van der Waals surface area (Å²) in [5.41, 5.74) is 11.9. The fraction of sp³-hybridized carbons (Fsp3) is 0.222. The molecule has 0 fully saturated rings. The Kier molecular flexibility index (Phi) is 5.67. The monoisotopic (exact) mass is 423 g/mol. The van der Waals surface area contributed by atoms with Crippen molar-refractivity contribution in [2.75, 3.05) is 6.26 Å². The van der Waals surface area contributed by atoms with Gasteiger partial charge in [0.25, 0.3) is 5.91 Å². The molecule has 0 radical (unpaired) electrons. The molecule has 0 atom stereocenters. The highest BCUT2D eigenvalue weighted by atomic mass is 32.2. The molecule has 0 saturated carbocycles. The first kappa shape index (κ1) is 21.6. The molecule has 2 aromatic carbocycles. The molecule has 0 heterocycles. The largest absolute Gasteiger partial charge is 0.370 e. The van der Waals surface area contributed by atoms with E-state index in [2.05, 4.69) is 4.99 Å². The number of carbonyl (C=O) groups excluding carboxylic acids is 1. The van der Waals surface area contributed by atoms with Crippen LogP contribution in [0.1, 0.15) is 27.0 Å². The molecule has 28 heavy (non-hydrogen) atoms. The Labute approximate surface area is 164 Å². The average Bonchev–Trinajstić information content (AvgIpc) is 2.52. The first-order valence-corrected chi connectivity index (χ1v) is 11.4. The predicted octanol–water partition coefficient (Wildman–Crippen LogP) is 1.26. The molecule has 0 aliphatic heterocycles. The van der Waals surface area contributed by atoms with Crippen molar-refractivity contribution in [1.29, 1.82) is 0 Å². The van der Waals surface area contributed by atoms with Crippen molar-refractivity contribution in [3.8, 4) is 0 Å². The predicted molar refractivity (Wildman–Crippen MR) is 106 cm³/mol. The zero-order valence-corrected chi connectivity index (χ0v) is 17.5. The summed E-state index contributed by atoms with van der Waals surface area (Å²) in [6, 6.07) is 6.90. The summed E-state index contributed by atoms with van der Waals surface area (Å²) in [6.45, 7) is 4.92. The SMILES string of the molecule is Cc1ccc(S(=O)(=O)c2cc(C)c(C(=O)N=C(N)N)cc2S(C)(=O)=O)c(C)c1. The lowest BCUT2D eigenvalue weighted by atomic mass is 10.1. The number of aryl methyl sites for hydroxylation is 3. The molecule has 0 bridgehead atoms. The van der Waals surface area contributed by atoms with E-state index >= 15 is 0 Å². The van der Waals surface area contributed by atoms with Crippen LogP contribution < -0.4 is 11.5 Å². The molecular weight excluding hydrogens is 402 g/mol. The van der Waals surface area contributed by atoms with Gasteiger partial charge in [-0.1, -0.05) is 17.7 Å². The van der Waals surface area contributed by atoms with Crippen molar-refractivity contribution in [2.45, 2.75) is 35.5 Å². The molecule has 0 spiro atoms. The van der Waals surface area contributed by atoms with Crippen LogP contribution in [0.2, 0.25) is 0 Å². The Hall–Kier alpha value is -2.72. The highest BCUT2D eigenvalue weighted by Crippen LogP contribution is 2.32. The Morgan fingerprint density at radius 3 is 1.96 bits per heavy atom. The smallest absolute Gasteiger partial charge is 0.280 e. The van der Waals surface area contributed by atoms with E-state index in [4.69, 9.17) is 11.5 Å². The van der Waals surface area contributed by atoms with Crippen molar-refractivity contribution >= 4 is 31.5 Å². The number of aliphatic imine (C=N–C) groups is 1. The van der Waals surface area contributed by atoms with Crippen molar-refractivity contribution in [2.24, 2.45) is 16.5 Å². The van der Waals surface area contributed by atoms with Gasteiger partial charge in [-0.15, -0.1) is 0 Å². The second-order valence-corrected chi connectivity index (χ2v) is 10.4. The van der Waals surface area contributed by atoms with E-state index in [1.54, 1.807) is 19.1 Å². The average molecular weight is 424 g/mol. The van der Waals surface area contributed by atoms with Gasteiger partial charge in [-0.25, -0.2) is 16.8 Å². The molecule has 0 saturated heterocycles. The van der Waals surface area contributed by atoms with E-state index < -0.39 is 41.3 Å². The van der Waals surface area contributed by atoms with Gasteiger partial charge in [0, 0.05) is 11.8 Å². The highest BCUT2D eigenvalue weighted by Gasteiger charge is 2.29. The van der Waals surface area contributed by atoms with Crippen molar-refractivity contribution in [3.05, 3.63) is 52.6 Å². The summed E-state index contributed by atoms with van der Waals surface area (Å²) >= 11 is 0. The van der Waals surface area contributed by atoms with Crippen LogP contribution in [0.5, 0.6) is 0 Å². The Morgan fingerprint density at radius 1 is 0.857 bits per heavy atom. The molecule has 10 heteroatoms. The van der Waals surface area contributed by atoms with Gasteiger partial charge >= 0.3 is 0 Å². The lowest BCUT2D eigenvalue weighted by Gasteiger charge is -2.14. The summed E-state index contributed by atoms with van der Waals surface area (Å²) in [7, 11) is -8.15. The molecule has 2 rings (SSSR count). The van der Waals surface area contributed by atoms with Gasteiger partial charge in [-0.2, -0.15) is 4.99 Å². The van der Waals surface area contributed by atoms with Crippen LogP contribution in [-0.2, 0) is 19.7 Å². The summed E-state index contributed by atoms with van der Waals surface area (Å²) in [6.07, 6.45) is 0.869. The lowest BCUT2D eigenvalue weighted by Crippen LogP contribution is -2.24. The molecule has 2 aromatic rings. The van der Waals surface area contributed by atoms with Crippen molar-refractivity contribution in [3.63, 3.8) is 0 Å². The Morgan fingerprint density at radius 2 is 1.46 bits per heavy atom. The van der Waals surface area contributed by atoms with Crippen LogP contribution in [0.15, 0.2) is 50.0 Å². The fourth-order valence-electron chi connectivity index (χ4n) is 2.79. The maximum atomic E-state index is 13.2. The molecule has 150 valence electrons. The minimum Gasteiger partial charge on any atom is -0.370 e. The third kappa shape index (κ3) is 4.23. The summed E-state index contributed by atoms with van der Waals surface area (Å²) in [4.78, 5) is 14.7. The number of sulfone groups is 2. The van der Waals surface area contributed by atoms with Crippen LogP contribution in [-0.4, -0.2) is 35.0 Å². The standard InChI is InChI=1S/C18H21N3O5S2/c1-10-5-6-14(12(3)7-10)28(25,26)16-8-11(2)13(17(22)21-18(19)20)9-15(16)27(4,23)24/h5-9H,1-4H3,(H4,19,20,21,22). The maximum Gasteiger partial charge on any atom is 0.280 e. The maximum absolute atomic E-state index is 13.2. The highest BCUT2D eigenvalue weighted by molar-refractivity contribution is 7.94. The Balaban J connectivity index is 2.86. The van der Waals surface area contributed by atoms with Gasteiger partial charge < -0.3 is 11.5 Å². The van der Waals surface area contributed by atoms with Crippen LogP contribution in [0.4, 0.5) is 0 Å². The first-order valence-electron chi connectivity index (χ1n) is 8.06. The zero-order valence-electron chi connectivity index (χ0n) is 15.8. The van der Waals surface area contributed by atoms with Gasteiger partial charge in [0.05, 0.1) is 14.7 Å². The van der Waals surface area contributed by atoms with Crippen LogP contribution >= 0.6 is 0 Å². The Bertz CT molecular complexity index is 1210. The summed E-state index contributed by atoms with van der Waals surface area (Å²) in [5, 5.41) is 0. The van der Waals surface area contributed by atoms with Crippen LogP contribution in [0.3, 0.4) is 0 Å². The molecule has 0 unspecified atom stereocenters. The van der Waals surface area contributed by atoms with Gasteiger partial charge in [0.15, 0.2) is 15.8 Å². The molecule has 0 aromatic heterocycles. The lowest BCUT2D eigenvalue weighted by molar-refractivity contribution is 0.100. The number of nitrogens with zero attached hydrogens (tertiary/aromatic N) is 1. The van der Waals surface area contributed by atoms with Gasteiger partial charge in [-0.3, -0.25) is 4.79 Å². The first-order chi connectivity index (χ1) is 12.7. The number of carbonyl (C=O) groups is 1. The summed E-state index contributed by atoms with van der Waals surface area (Å²) in [5.74, 6) is -1.35. The van der Waals surface area contributed by atoms with Crippen LogP contribution in [0.25, 0.3) is 0 Å². The van der Waals surface area contributed by atoms with Gasteiger partial charge in [0.2, 0.25) is 9.84 Å². The molecule has 0 aliphatic carbocycles. The molecule has 4 N–H and O–H groups in total. The minimum atomic E-state index is -4.16. The van der Waals surface area contributed by atoms with Gasteiger partial charge in [0.1, 0.15) is 0 Å². The second-order valence-electron chi connectivity index (χ2n) is 6.50. The van der Waals surface area contributed by atoms with E-state index in [0.717, 1.165) is 24.0 Å². The summed E-state index contributed by atoms with van der Waals surface area (Å²) < 4.78 is 51.1. The van der Waals surface area contributed by atoms with E-state index in [-0.39, 0.29) is 16.0 Å². The number of hydrogen-bond donors (Lipinski definition) is 2. The normalized spacial score (nSPS) is 11.9. The molecule has 1 amide bonds. The van der Waals surface area contributed by atoms with Crippen LogP contribution in [0, 0.1) is 20.8 Å². The van der Waals surface area contributed by atoms with Gasteiger partial charge in [-0.05, 0) is 50.1 Å². The number of hydrogen-bond acceptors (Lipinski definition) is 5. The van der Waals surface area contributed by atoms with E-state index in [9.17, 15) is 21.6 Å². The molecule has 0 aliphatic rings. The quantitative estimate of drug-likeness (QED) is 0.555.